The summed E-state index contributed by atoms with van der Waals surface area (Å²) in [6, 6.07) is 13.4. The molecule has 0 spiro atoms. The number of fused-ring (bicyclic) bond motifs is 1. The van der Waals surface area contributed by atoms with Crippen LogP contribution in [-0.2, 0) is 19.4 Å². The normalized spacial score (nSPS) is 14.8. The molecule has 0 radical (unpaired) electrons. The fourth-order valence-corrected chi connectivity index (χ4v) is 3.20. The number of aromatic carboxylic acids is 1. The molecule has 0 bridgehead atoms. The number of carboxylic acids is 1. The van der Waals surface area contributed by atoms with Gasteiger partial charge in [-0.3, -0.25) is 4.90 Å². The van der Waals surface area contributed by atoms with Gasteiger partial charge in [0.2, 0.25) is 0 Å². The van der Waals surface area contributed by atoms with Gasteiger partial charge < -0.3 is 9.84 Å². The van der Waals surface area contributed by atoms with Gasteiger partial charge in [0.1, 0.15) is 5.75 Å². The molecule has 0 unspecified atom stereocenters. The molecular formula is C19H21NO3. The Morgan fingerprint density at radius 1 is 1.17 bits per heavy atom. The van der Waals surface area contributed by atoms with Crippen molar-refractivity contribution in [1.82, 2.24) is 4.90 Å². The lowest BCUT2D eigenvalue weighted by atomic mass is 10.0. The molecule has 0 atom stereocenters. The zero-order chi connectivity index (χ0) is 16.2. The molecule has 23 heavy (non-hydrogen) atoms. The molecule has 0 aliphatic carbocycles. The Balaban J connectivity index is 1.73. The van der Waals surface area contributed by atoms with Crippen LogP contribution in [0.15, 0.2) is 42.5 Å². The van der Waals surface area contributed by atoms with Gasteiger partial charge in [-0.25, -0.2) is 4.79 Å². The Labute approximate surface area is 136 Å². The molecule has 2 aromatic rings. The third-order valence-corrected chi connectivity index (χ3v) is 4.41. The molecule has 2 aromatic carbocycles. The summed E-state index contributed by atoms with van der Waals surface area (Å²) in [5.41, 5.74) is 4.05. The van der Waals surface area contributed by atoms with Crippen LogP contribution in [0.3, 0.4) is 0 Å². The number of benzene rings is 2. The second kappa shape index (κ2) is 6.84. The van der Waals surface area contributed by atoms with Gasteiger partial charge in [-0.05, 0) is 47.7 Å². The monoisotopic (exact) mass is 311 g/mol. The van der Waals surface area contributed by atoms with E-state index in [9.17, 15) is 4.79 Å². The number of carboxylic acid groups (broad SMARTS) is 1. The van der Waals surface area contributed by atoms with Gasteiger partial charge in [0.25, 0.3) is 0 Å². The first-order valence-electron chi connectivity index (χ1n) is 7.86. The van der Waals surface area contributed by atoms with Gasteiger partial charge in [-0.2, -0.15) is 0 Å². The summed E-state index contributed by atoms with van der Waals surface area (Å²) in [5, 5.41) is 9.11. The fourth-order valence-electron chi connectivity index (χ4n) is 3.20. The van der Waals surface area contributed by atoms with E-state index >= 15 is 0 Å². The van der Waals surface area contributed by atoms with Crippen LogP contribution in [0.1, 0.15) is 27.0 Å². The molecule has 3 rings (SSSR count). The average molecular weight is 311 g/mol. The third kappa shape index (κ3) is 3.54. The Morgan fingerprint density at radius 3 is 2.74 bits per heavy atom. The molecule has 1 heterocycles. The van der Waals surface area contributed by atoms with Gasteiger partial charge in [0.15, 0.2) is 0 Å². The topological polar surface area (TPSA) is 49.8 Å². The maximum absolute atomic E-state index is 11.1. The van der Waals surface area contributed by atoms with Gasteiger partial charge >= 0.3 is 5.97 Å². The first-order valence-corrected chi connectivity index (χ1v) is 7.86. The smallest absolute Gasteiger partial charge is 0.335 e. The molecule has 4 nitrogen and oxygen atoms in total. The van der Waals surface area contributed by atoms with Crippen molar-refractivity contribution in [3.05, 3.63) is 64.7 Å². The third-order valence-electron chi connectivity index (χ3n) is 4.41. The Kier molecular flexibility index (Phi) is 4.63. The Hall–Kier alpha value is -2.33. The van der Waals surface area contributed by atoms with Crippen molar-refractivity contribution in [3.63, 3.8) is 0 Å². The number of rotatable bonds is 4. The zero-order valence-electron chi connectivity index (χ0n) is 13.3. The quantitative estimate of drug-likeness (QED) is 0.943. The minimum atomic E-state index is -0.875. The highest BCUT2D eigenvalue weighted by molar-refractivity contribution is 5.87. The maximum atomic E-state index is 11.1. The maximum Gasteiger partial charge on any atom is 0.335 e. The van der Waals surface area contributed by atoms with Crippen molar-refractivity contribution < 1.29 is 14.6 Å². The van der Waals surface area contributed by atoms with E-state index in [1.54, 1.807) is 19.2 Å². The largest absolute Gasteiger partial charge is 0.496 e. The van der Waals surface area contributed by atoms with Crippen LogP contribution >= 0.6 is 0 Å². The zero-order valence-corrected chi connectivity index (χ0v) is 13.3. The number of ether oxygens (including phenoxy) is 1. The average Bonchev–Trinajstić information content (AvgIpc) is 2.77. The van der Waals surface area contributed by atoms with E-state index in [4.69, 9.17) is 9.84 Å². The summed E-state index contributed by atoms with van der Waals surface area (Å²) >= 11 is 0. The number of hydrogen-bond acceptors (Lipinski definition) is 3. The van der Waals surface area contributed by atoms with Crippen molar-refractivity contribution in [3.8, 4) is 5.75 Å². The molecule has 0 saturated carbocycles. The van der Waals surface area contributed by atoms with E-state index in [2.05, 4.69) is 11.0 Å². The van der Waals surface area contributed by atoms with E-state index < -0.39 is 5.97 Å². The van der Waals surface area contributed by atoms with Crippen LogP contribution in [0.2, 0.25) is 0 Å². The molecular weight excluding hydrogens is 290 g/mol. The van der Waals surface area contributed by atoms with Gasteiger partial charge in [0.05, 0.1) is 12.7 Å². The summed E-state index contributed by atoms with van der Waals surface area (Å²) in [4.78, 5) is 13.5. The van der Waals surface area contributed by atoms with Gasteiger partial charge in [-0.1, -0.05) is 24.3 Å². The van der Waals surface area contributed by atoms with Crippen molar-refractivity contribution in [1.29, 1.82) is 0 Å². The first kappa shape index (κ1) is 15.6. The summed E-state index contributed by atoms with van der Waals surface area (Å²) in [6.07, 6.45) is 1.95. The number of nitrogens with zero attached hydrogens (tertiary/aromatic N) is 1. The highest BCUT2D eigenvalue weighted by Crippen LogP contribution is 2.26. The lowest BCUT2D eigenvalue weighted by molar-refractivity contribution is 0.0696. The highest BCUT2D eigenvalue weighted by atomic mass is 16.5. The van der Waals surface area contributed by atoms with E-state index in [0.29, 0.717) is 5.56 Å². The molecule has 0 fully saturated rings. The molecule has 1 aliphatic heterocycles. The fraction of sp³-hybridized carbons (Fsp3) is 0.316. The first-order chi connectivity index (χ1) is 11.2. The molecule has 0 saturated heterocycles. The molecule has 120 valence electrons. The summed E-state index contributed by atoms with van der Waals surface area (Å²) in [6.45, 7) is 2.69. The van der Waals surface area contributed by atoms with Gasteiger partial charge in [-0.15, -0.1) is 0 Å². The predicted molar refractivity (Wildman–Crippen MR) is 89.1 cm³/mol. The molecule has 0 amide bonds. The lowest BCUT2D eigenvalue weighted by Crippen LogP contribution is -2.26. The second-order valence-corrected chi connectivity index (χ2v) is 5.88. The molecule has 0 aromatic heterocycles. The van der Waals surface area contributed by atoms with Crippen LogP contribution in [-0.4, -0.2) is 36.2 Å². The van der Waals surface area contributed by atoms with E-state index in [-0.39, 0.29) is 0 Å². The summed E-state index contributed by atoms with van der Waals surface area (Å²) in [7, 11) is 1.72. The minimum absolute atomic E-state index is 0.349. The van der Waals surface area contributed by atoms with Crippen LogP contribution < -0.4 is 4.74 Å². The number of methoxy groups -OCH3 is 1. The minimum Gasteiger partial charge on any atom is -0.496 e. The second-order valence-electron chi connectivity index (χ2n) is 5.88. The molecule has 1 N–H and O–H groups in total. The van der Waals surface area contributed by atoms with Gasteiger partial charge in [0, 0.05) is 19.6 Å². The van der Waals surface area contributed by atoms with E-state index in [0.717, 1.165) is 43.8 Å². The van der Waals surface area contributed by atoms with Crippen molar-refractivity contribution >= 4 is 5.97 Å². The van der Waals surface area contributed by atoms with Crippen molar-refractivity contribution in [2.45, 2.75) is 19.4 Å². The van der Waals surface area contributed by atoms with Crippen molar-refractivity contribution in [2.75, 3.05) is 20.2 Å². The van der Waals surface area contributed by atoms with Crippen molar-refractivity contribution in [2.24, 2.45) is 0 Å². The Morgan fingerprint density at radius 2 is 1.96 bits per heavy atom. The molecule has 4 heteroatoms. The van der Waals surface area contributed by atoms with Crippen LogP contribution in [0.25, 0.3) is 0 Å². The highest BCUT2D eigenvalue weighted by Gasteiger charge is 2.17. The van der Waals surface area contributed by atoms with E-state index in [1.807, 2.05) is 24.3 Å². The van der Waals surface area contributed by atoms with Crippen LogP contribution in [0, 0.1) is 0 Å². The SMILES string of the molecule is COc1cccc2c1CCN(Cc1cccc(C(=O)O)c1)CC2. The summed E-state index contributed by atoms with van der Waals surface area (Å²) in [5.74, 6) is 0.0945. The van der Waals surface area contributed by atoms with E-state index in [1.165, 1.54) is 11.1 Å². The summed E-state index contributed by atoms with van der Waals surface area (Å²) < 4.78 is 5.48. The number of carbonyl (C=O) groups is 1. The molecule has 1 aliphatic rings. The van der Waals surface area contributed by atoms with Crippen LogP contribution in [0.5, 0.6) is 5.75 Å². The lowest BCUT2D eigenvalue weighted by Gasteiger charge is -2.20. The Bertz CT molecular complexity index is 712. The standard InChI is InChI=1S/C19H21NO3/c1-23-18-7-3-5-15-8-10-20(11-9-17(15)18)13-14-4-2-6-16(12-14)19(21)22/h2-7,12H,8-11,13H2,1H3,(H,21,22). The van der Waals surface area contributed by atoms with Crippen LogP contribution in [0.4, 0.5) is 0 Å². The number of hydrogen-bond donors (Lipinski definition) is 1. The predicted octanol–water partition coefficient (Wildman–Crippen LogP) is 2.99.